The zero-order valence-corrected chi connectivity index (χ0v) is 16.7. The normalized spacial score (nSPS) is 16.5. The lowest BCUT2D eigenvalue weighted by atomic mass is 10.1. The van der Waals surface area contributed by atoms with Crippen molar-refractivity contribution in [2.75, 3.05) is 36.9 Å². The van der Waals surface area contributed by atoms with E-state index in [0.29, 0.717) is 35.5 Å². The Bertz CT molecular complexity index is 810. The number of morpholine rings is 1. The number of hydrogen-bond donors (Lipinski definition) is 3. The van der Waals surface area contributed by atoms with Gasteiger partial charge in [-0.05, 0) is 31.0 Å². The quantitative estimate of drug-likeness (QED) is 0.683. The number of carbonyl (C=O) groups is 1. The summed E-state index contributed by atoms with van der Waals surface area (Å²) in [6.45, 7) is 6.42. The third-order valence-corrected chi connectivity index (χ3v) is 4.58. The fraction of sp³-hybridized carbons (Fsp3) is 0.421. The fourth-order valence-electron chi connectivity index (χ4n) is 2.72. The van der Waals surface area contributed by atoms with Crippen molar-refractivity contribution < 1.29 is 14.3 Å². The molecule has 0 aliphatic carbocycles. The molecule has 150 valence electrons. The summed E-state index contributed by atoms with van der Waals surface area (Å²) in [7, 11) is 0. The number of urea groups is 1. The van der Waals surface area contributed by atoms with Crippen LogP contribution < -0.4 is 20.7 Å². The maximum atomic E-state index is 12.4. The van der Waals surface area contributed by atoms with Crippen LogP contribution in [0.3, 0.4) is 0 Å². The summed E-state index contributed by atoms with van der Waals surface area (Å²) in [6.07, 6.45) is 3.78. The first-order valence-electron chi connectivity index (χ1n) is 9.19. The number of rotatable bonds is 6. The highest BCUT2D eigenvalue weighted by molar-refractivity contribution is 6.31. The van der Waals surface area contributed by atoms with E-state index in [4.69, 9.17) is 21.1 Å². The second-order valence-electron chi connectivity index (χ2n) is 6.42. The van der Waals surface area contributed by atoms with Crippen molar-refractivity contribution in [1.29, 1.82) is 0 Å². The van der Waals surface area contributed by atoms with E-state index < -0.39 is 6.03 Å². The smallest absolute Gasteiger partial charge is 0.325 e. The molecule has 9 heteroatoms. The maximum Gasteiger partial charge on any atom is 0.325 e. The van der Waals surface area contributed by atoms with Gasteiger partial charge in [-0.2, -0.15) is 0 Å². The van der Waals surface area contributed by atoms with E-state index in [0.717, 1.165) is 30.8 Å². The molecule has 1 saturated heterocycles. The van der Waals surface area contributed by atoms with Crippen LogP contribution in [0.5, 0.6) is 5.75 Å². The Morgan fingerprint density at radius 1 is 1.36 bits per heavy atom. The number of amides is 2. The molecule has 1 aliphatic rings. The number of benzene rings is 1. The van der Waals surface area contributed by atoms with Crippen molar-refractivity contribution in [3.05, 3.63) is 40.8 Å². The van der Waals surface area contributed by atoms with Gasteiger partial charge in [0, 0.05) is 18.1 Å². The second kappa shape index (κ2) is 9.68. The minimum atomic E-state index is -0.459. The van der Waals surface area contributed by atoms with E-state index >= 15 is 0 Å². The van der Waals surface area contributed by atoms with Crippen LogP contribution >= 0.6 is 11.6 Å². The van der Waals surface area contributed by atoms with E-state index in [9.17, 15) is 4.79 Å². The van der Waals surface area contributed by atoms with E-state index in [1.807, 2.05) is 19.9 Å². The molecule has 1 aliphatic heterocycles. The molecule has 3 N–H and O–H groups in total. The number of nitrogens with one attached hydrogen (secondary N) is 3. The van der Waals surface area contributed by atoms with E-state index in [1.54, 1.807) is 12.3 Å². The molecule has 2 amide bonds. The molecule has 8 nitrogen and oxygen atoms in total. The Morgan fingerprint density at radius 3 is 2.89 bits per heavy atom. The van der Waals surface area contributed by atoms with Crippen LogP contribution in [0.15, 0.2) is 24.5 Å². The molecule has 0 saturated carbocycles. The van der Waals surface area contributed by atoms with E-state index in [-0.39, 0.29) is 6.10 Å². The van der Waals surface area contributed by atoms with Crippen molar-refractivity contribution in [3.8, 4) is 5.75 Å². The lowest BCUT2D eigenvalue weighted by Crippen LogP contribution is -2.41. The summed E-state index contributed by atoms with van der Waals surface area (Å²) in [5, 5.41) is 9.24. The van der Waals surface area contributed by atoms with Crippen LogP contribution in [0.25, 0.3) is 0 Å². The first-order valence-corrected chi connectivity index (χ1v) is 9.57. The van der Waals surface area contributed by atoms with E-state index in [2.05, 4.69) is 25.9 Å². The SMILES string of the molecule is CCc1cc(OC[C@@H]2CNCCO2)c(NC(=O)Nc2cnc(C)cn2)cc1Cl. The van der Waals surface area contributed by atoms with Crippen molar-refractivity contribution in [2.45, 2.75) is 26.4 Å². The van der Waals surface area contributed by atoms with Gasteiger partial charge in [0.15, 0.2) is 5.82 Å². The molecule has 0 radical (unpaired) electrons. The van der Waals surface area contributed by atoms with Gasteiger partial charge < -0.3 is 20.1 Å². The monoisotopic (exact) mass is 405 g/mol. The number of nitrogens with zero attached hydrogens (tertiary/aromatic N) is 2. The minimum Gasteiger partial charge on any atom is -0.489 e. The topological polar surface area (TPSA) is 97.4 Å². The van der Waals surface area contributed by atoms with Gasteiger partial charge in [0.1, 0.15) is 18.5 Å². The molecule has 1 aromatic carbocycles. The Balaban J connectivity index is 1.71. The lowest BCUT2D eigenvalue weighted by molar-refractivity contribution is 0.000338. The second-order valence-corrected chi connectivity index (χ2v) is 6.83. The first-order chi connectivity index (χ1) is 13.5. The van der Waals surface area contributed by atoms with Crippen LogP contribution in [0.4, 0.5) is 16.3 Å². The van der Waals surface area contributed by atoms with Crippen LogP contribution in [-0.4, -0.2) is 48.4 Å². The highest BCUT2D eigenvalue weighted by Gasteiger charge is 2.17. The molecule has 1 aromatic heterocycles. The van der Waals surface area contributed by atoms with Gasteiger partial charge >= 0.3 is 6.03 Å². The lowest BCUT2D eigenvalue weighted by Gasteiger charge is -2.24. The van der Waals surface area contributed by atoms with Crippen molar-refractivity contribution in [1.82, 2.24) is 15.3 Å². The Labute approximate surface area is 169 Å². The summed E-state index contributed by atoms with van der Waals surface area (Å²) in [5.74, 6) is 0.893. The van der Waals surface area contributed by atoms with Gasteiger partial charge in [-0.1, -0.05) is 18.5 Å². The summed E-state index contributed by atoms with van der Waals surface area (Å²) < 4.78 is 11.6. The molecule has 2 aromatic rings. The highest BCUT2D eigenvalue weighted by Crippen LogP contribution is 2.32. The number of aromatic nitrogens is 2. The van der Waals surface area contributed by atoms with E-state index in [1.165, 1.54) is 6.20 Å². The Kier molecular flexibility index (Phi) is 7.02. The standard InChI is InChI=1S/C19H24ClN5O3/c1-3-13-6-17(28-11-14-9-21-4-5-27-14)16(7-15(13)20)24-19(26)25-18-10-22-12(2)8-23-18/h6-8,10,14,21H,3-5,9,11H2,1-2H3,(H2,23,24,25,26)/t14-/m0/s1. The summed E-state index contributed by atoms with van der Waals surface area (Å²) >= 11 is 6.33. The third-order valence-electron chi connectivity index (χ3n) is 4.23. The molecular formula is C19H24ClN5O3. The van der Waals surface area contributed by atoms with Gasteiger partial charge in [-0.3, -0.25) is 10.3 Å². The van der Waals surface area contributed by atoms with Gasteiger partial charge in [0.2, 0.25) is 0 Å². The van der Waals surface area contributed by atoms with Crippen LogP contribution in [0, 0.1) is 6.92 Å². The summed E-state index contributed by atoms with van der Waals surface area (Å²) in [4.78, 5) is 20.6. The molecule has 28 heavy (non-hydrogen) atoms. The molecule has 1 atom stereocenters. The maximum absolute atomic E-state index is 12.4. The van der Waals surface area contributed by atoms with Crippen molar-refractivity contribution in [3.63, 3.8) is 0 Å². The van der Waals surface area contributed by atoms with Gasteiger partial charge in [0.05, 0.1) is 30.4 Å². The molecule has 0 unspecified atom stereocenters. The van der Waals surface area contributed by atoms with Crippen LogP contribution in [0.1, 0.15) is 18.2 Å². The molecule has 0 spiro atoms. The molecule has 0 bridgehead atoms. The number of anilines is 2. The Hall–Kier alpha value is -2.42. The fourth-order valence-corrected chi connectivity index (χ4v) is 3.02. The largest absolute Gasteiger partial charge is 0.489 e. The van der Waals surface area contributed by atoms with Gasteiger partial charge in [-0.25, -0.2) is 9.78 Å². The molecule has 3 rings (SSSR count). The molecular weight excluding hydrogens is 382 g/mol. The average Bonchev–Trinajstić information content (AvgIpc) is 2.70. The van der Waals surface area contributed by atoms with Crippen molar-refractivity contribution in [2.24, 2.45) is 0 Å². The number of halogens is 1. The number of hydrogen-bond acceptors (Lipinski definition) is 6. The zero-order valence-electron chi connectivity index (χ0n) is 15.9. The van der Waals surface area contributed by atoms with Gasteiger partial charge in [-0.15, -0.1) is 0 Å². The summed E-state index contributed by atoms with van der Waals surface area (Å²) in [5.41, 5.74) is 2.18. The number of ether oxygens (including phenoxy) is 2. The predicted octanol–water partition coefficient (Wildman–Crippen LogP) is 3.01. The highest BCUT2D eigenvalue weighted by atomic mass is 35.5. The van der Waals surface area contributed by atoms with Crippen LogP contribution in [-0.2, 0) is 11.2 Å². The first kappa shape index (κ1) is 20.3. The number of carbonyl (C=O) groups excluding carboxylic acids is 1. The Morgan fingerprint density at radius 2 is 2.21 bits per heavy atom. The summed E-state index contributed by atoms with van der Waals surface area (Å²) in [6, 6.07) is 3.08. The molecule has 2 heterocycles. The third kappa shape index (κ3) is 5.54. The predicted molar refractivity (Wildman–Crippen MR) is 108 cm³/mol. The number of aryl methyl sites for hydroxylation is 2. The van der Waals surface area contributed by atoms with Crippen molar-refractivity contribution >= 4 is 29.1 Å². The molecule has 1 fully saturated rings. The average molecular weight is 406 g/mol. The minimum absolute atomic E-state index is 0.0426. The van der Waals surface area contributed by atoms with Crippen LogP contribution in [0.2, 0.25) is 5.02 Å². The zero-order chi connectivity index (χ0) is 19.9. The van der Waals surface area contributed by atoms with Gasteiger partial charge in [0.25, 0.3) is 0 Å².